The molecule has 4 heteroatoms. The van der Waals surface area contributed by atoms with Gasteiger partial charge in [0.2, 0.25) is 5.91 Å². The lowest BCUT2D eigenvalue weighted by molar-refractivity contribution is -0.141. The van der Waals surface area contributed by atoms with E-state index >= 15 is 0 Å². The third-order valence-corrected chi connectivity index (χ3v) is 1.98. The van der Waals surface area contributed by atoms with Gasteiger partial charge in [0.05, 0.1) is 0 Å². The smallest absolute Gasteiger partial charge is 0.325 e. The number of hydrogen-bond donors (Lipinski definition) is 2. The van der Waals surface area contributed by atoms with Gasteiger partial charge in [-0.25, -0.2) is 0 Å². The molecule has 0 heterocycles. The maximum atomic E-state index is 11.2. The molecule has 0 aromatic carbocycles. The van der Waals surface area contributed by atoms with Gasteiger partial charge < -0.3 is 10.4 Å². The Morgan fingerprint density at radius 3 is 2.31 bits per heavy atom. The number of amides is 1. The number of carbonyl (C=O) groups excluding carboxylic acids is 1. The molecule has 0 bridgehead atoms. The molecule has 2 atom stereocenters. The van der Waals surface area contributed by atoms with E-state index in [0.717, 1.165) is 6.42 Å². The van der Waals surface area contributed by atoms with Gasteiger partial charge in [-0.05, 0) is 12.8 Å². The molecule has 76 valence electrons. The topological polar surface area (TPSA) is 66.4 Å². The van der Waals surface area contributed by atoms with E-state index in [1.54, 1.807) is 0 Å². The minimum Gasteiger partial charge on any atom is -0.480 e. The standard InChI is InChI=1S/C9H17NO3/c1-4-6(2)5-8(11)10-7(3)9(12)13/h6-7H,4-5H2,1-3H3,(H,10,11)(H,12,13)/t6-,7-/m0/s1. The molecule has 0 unspecified atom stereocenters. The van der Waals surface area contributed by atoms with E-state index in [4.69, 9.17) is 5.11 Å². The van der Waals surface area contributed by atoms with E-state index in [2.05, 4.69) is 5.32 Å². The maximum Gasteiger partial charge on any atom is 0.325 e. The summed E-state index contributed by atoms with van der Waals surface area (Å²) in [6, 6.07) is -0.795. The lowest BCUT2D eigenvalue weighted by atomic mass is 10.0. The van der Waals surface area contributed by atoms with Gasteiger partial charge in [-0.1, -0.05) is 20.3 Å². The van der Waals surface area contributed by atoms with Crippen LogP contribution < -0.4 is 5.32 Å². The Balaban J connectivity index is 3.81. The fraction of sp³-hybridized carbons (Fsp3) is 0.778. The van der Waals surface area contributed by atoms with Crippen molar-refractivity contribution in [2.45, 2.75) is 39.7 Å². The zero-order chi connectivity index (χ0) is 10.4. The van der Waals surface area contributed by atoms with Crippen LogP contribution >= 0.6 is 0 Å². The first-order valence-corrected chi connectivity index (χ1v) is 4.49. The SMILES string of the molecule is CC[C@H](C)CC(=O)N[C@@H](C)C(=O)O. The summed E-state index contributed by atoms with van der Waals surface area (Å²) in [4.78, 5) is 21.5. The molecule has 0 aliphatic heterocycles. The molecule has 2 N–H and O–H groups in total. The largest absolute Gasteiger partial charge is 0.480 e. The summed E-state index contributed by atoms with van der Waals surface area (Å²) >= 11 is 0. The van der Waals surface area contributed by atoms with Gasteiger partial charge >= 0.3 is 5.97 Å². The van der Waals surface area contributed by atoms with Crippen LogP contribution in [0.5, 0.6) is 0 Å². The van der Waals surface area contributed by atoms with Crippen molar-refractivity contribution in [1.82, 2.24) is 5.32 Å². The van der Waals surface area contributed by atoms with Gasteiger partial charge in [-0.15, -0.1) is 0 Å². The highest BCUT2D eigenvalue weighted by Gasteiger charge is 2.14. The molecule has 0 radical (unpaired) electrons. The molecule has 1 amide bonds. The molecular formula is C9H17NO3. The lowest BCUT2D eigenvalue weighted by Gasteiger charge is -2.11. The quantitative estimate of drug-likeness (QED) is 0.675. The predicted molar refractivity (Wildman–Crippen MR) is 49.3 cm³/mol. The summed E-state index contributed by atoms with van der Waals surface area (Å²) in [6.45, 7) is 5.42. The number of rotatable bonds is 5. The van der Waals surface area contributed by atoms with E-state index in [1.165, 1.54) is 6.92 Å². The molecule has 4 nitrogen and oxygen atoms in total. The minimum atomic E-state index is -1.00. The van der Waals surface area contributed by atoms with Crippen LogP contribution in [0.15, 0.2) is 0 Å². The van der Waals surface area contributed by atoms with Crippen molar-refractivity contribution in [3.63, 3.8) is 0 Å². The summed E-state index contributed by atoms with van der Waals surface area (Å²) in [5, 5.41) is 10.9. The Labute approximate surface area is 78.3 Å². The second-order valence-corrected chi connectivity index (χ2v) is 3.34. The molecule has 0 spiro atoms. The molecule has 0 fully saturated rings. The van der Waals surface area contributed by atoms with Crippen LogP contribution in [0.1, 0.15) is 33.6 Å². The van der Waals surface area contributed by atoms with Gasteiger partial charge in [0.1, 0.15) is 6.04 Å². The summed E-state index contributed by atoms with van der Waals surface area (Å²) in [5.74, 6) is -0.886. The zero-order valence-electron chi connectivity index (χ0n) is 8.33. The first kappa shape index (κ1) is 11.9. The second-order valence-electron chi connectivity index (χ2n) is 3.34. The average molecular weight is 187 g/mol. The molecule has 0 aromatic heterocycles. The van der Waals surface area contributed by atoms with Gasteiger partial charge in [-0.3, -0.25) is 9.59 Å². The summed E-state index contributed by atoms with van der Waals surface area (Å²) in [6.07, 6.45) is 1.32. The van der Waals surface area contributed by atoms with Crippen molar-refractivity contribution in [3.05, 3.63) is 0 Å². The van der Waals surface area contributed by atoms with Crippen LogP contribution in [-0.2, 0) is 9.59 Å². The predicted octanol–water partition coefficient (Wildman–Crippen LogP) is 1.01. The van der Waals surface area contributed by atoms with Crippen molar-refractivity contribution in [2.75, 3.05) is 0 Å². The Morgan fingerprint density at radius 2 is 1.92 bits per heavy atom. The van der Waals surface area contributed by atoms with Gasteiger partial charge in [0, 0.05) is 6.42 Å². The minimum absolute atomic E-state index is 0.191. The number of carbonyl (C=O) groups is 2. The summed E-state index contributed by atoms with van der Waals surface area (Å²) < 4.78 is 0. The van der Waals surface area contributed by atoms with Gasteiger partial charge in [0.25, 0.3) is 0 Å². The number of nitrogens with one attached hydrogen (secondary N) is 1. The van der Waals surface area contributed by atoms with Crippen LogP contribution in [0.4, 0.5) is 0 Å². The average Bonchev–Trinajstić information content (AvgIpc) is 2.03. The maximum absolute atomic E-state index is 11.2. The van der Waals surface area contributed by atoms with Crippen molar-refractivity contribution in [2.24, 2.45) is 5.92 Å². The highest BCUT2D eigenvalue weighted by Crippen LogP contribution is 2.05. The van der Waals surface area contributed by atoms with Crippen LogP contribution in [0.3, 0.4) is 0 Å². The monoisotopic (exact) mass is 187 g/mol. The molecule has 0 saturated carbocycles. The fourth-order valence-electron chi connectivity index (χ4n) is 0.823. The third-order valence-electron chi connectivity index (χ3n) is 1.98. The number of carboxylic acids is 1. The van der Waals surface area contributed by atoms with E-state index in [0.29, 0.717) is 12.3 Å². The van der Waals surface area contributed by atoms with E-state index in [1.807, 2.05) is 13.8 Å². The second kappa shape index (κ2) is 5.56. The lowest BCUT2D eigenvalue weighted by Crippen LogP contribution is -2.38. The normalized spacial score (nSPS) is 14.7. The Bertz CT molecular complexity index is 191. The van der Waals surface area contributed by atoms with E-state index < -0.39 is 12.0 Å². The van der Waals surface area contributed by atoms with Crippen molar-refractivity contribution in [1.29, 1.82) is 0 Å². The van der Waals surface area contributed by atoms with Crippen molar-refractivity contribution >= 4 is 11.9 Å². The molecule has 13 heavy (non-hydrogen) atoms. The van der Waals surface area contributed by atoms with Crippen LogP contribution in [0.25, 0.3) is 0 Å². The highest BCUT2D eigenvalue weighted by molar-refractivity contribution is 5.83. The molecular weight excluding hydrogens is 170 g/mol. The summed E-state index contributed by atoms with van der Waals surface area (Å²) in [7, 11) is 0. The van der Waals surface area contributed by atoms with Crippen LogP contribution in [0, 0.1) is 5.92 Å². The first-order chi connectivity index (χ1) is 5.97. The van der Waals surface area contributed by atoms with Crippen LogP contribution in [-0.4, -0.2) is 23.0 Å². The Hall–Kier alpha value is -1.06. The Kier molecular flexibility index (Phi) is 5.11. The molecule has 0 rings (SSSR count). The highest BCUT2D eigenvalue weighted by atomic mass is 16.4. The molecule has 0 aliphatic carbocycles. The third kappa shape index (κ3) is 5.22. The van der Waals surface area contributed by atoms with Gasteiger partial charge in [-0.2, -0.15) is 0 Å². The van der Waals surface area contributed by atoms with Crippen molar-refractivity contribution in [3.8, 4) is 0 Å². The number of hydrogen-bond acceptors (Lipinski definition) is 2. The van der Waals surface area contributed by atoms with Crippen LogP contribution in [0.2, 0.25) is 0 Å². The fourth-order valence-corrected chi connectivity index (χ4v) is 0.823. The number of aliphatic carboxylic acids is 1. The number of carboxylic acid groups (broad SMARTS) is 1. The molecule has 0 aliphatic rings. The molecule has 0 saturated heterocycles. The zero-order valence-corrected chi connectivity index (χ0v) is 8.33. The van der Waals surface area contributed by atoms with Crippen molar-refractivity contribution < 1.29 is 14.7 Å². The van der Waals surface area contributed by atoms with E-state index in [-0.39, 0.29) is 5.91 Å². The first-order valence-electron chi connectivity index (χ1n) is 4.49. The Morgan fingerprint density at radius 1 is 1.38 bits per heavy atom. The molecule has 0 aromatic rings. The van der Waals surface area contributed by atoms with Gasteiger partial charge in [0.15, 0.2) is 0 Å². The summed E-state index contributed by atoms with van der Waals surface area (Å²) in [5.41, 5.74) is 0. The van der Waals surface area contributed by atoms with E-state index in [9.17, 15) is 9.59 Å².